The van der Waals surface area contributed by atoms with Gasteiger partial charge >= 0.3 is 18.3 Å². The maximum Gasteiger partial charge on any atom is 0.490 e. The Labute approximate surface area is 238 Å². The van der Waals surface area contributed by atoms with Crippen molar-refractivity contribution in [1.29, 1.82) is 0 Å². The number of halogens is 7. The number of aromatic nitrogens is 3. The van der Waals surface area contributed by atoms with Crippen LogP contribution < -0.4 is 10.5 Å². The number of nitrogens with two attached hydrogens (primary N) is 1. The van der Waals surface area contributed by atoms with Crippen molar-refractivity contribution in [3.05, 3.63) is 48.0 Å². The van der Waals surface area contributed by atoms with Crippen molar-refractivity contribution in [1.82, 2.24) is 15.1 Å². The monoisotopic (exact) mass is 623 g/mol. The van der Waals surface area contributed by atoms with Crippen molar-refractivity contribution in [2.24, 2.45) is 10.7 Å². The number of alkyl halides is 6. The number of hydrogen-bond donors (Lipinski definition) is 2. The lowest BCUT2D eigenvalue weighted by atomic mass is 9.86. The van der Waals surface area contributed by atoms with E-state index in [4.69, 9.17) is 34.4 Å². The van der Waals surface area contributed by atoms with E-state index < -0.39 is 48.2 Å². The molecule has 0 spiro atoms. The predicted molar refractivity (Wildman–Crippen MR) is 133 cm³/mol. The van der Waals surface area contributed by atoms with E-state index in [1.54, 1.807) is 13.2 Å². The standard InChI is InChI=1S/C23H23F4N5O4.C2HF3O2/c1-22(10-19(23(25,26)27)31-21(28)35-22)14-8-13(4-5-15(14)24)18-9-16(32-36-18)17-11-30-20(12-29-17)34-7-3-6-33-2;3-2(4,5)1(6)7/h4-5,8-9,11-12,19H,3,6-7,10H2,1-2H3,(H2,28,31);(H,6,7)/t19-,22-;/m0./s1. The second-order valence-electron chi connectivity index (χ2n) is 9.07. The van der Waals surface area contributed by atoms with Gasteiger partial charge in [-0.25, -0.2) is 24.1 Å². The average molecular weight is 623 g/mol. The van der Waals surface area contributed by atoms with Crippen LogP contribution in [-0.2, 0) is 19.9 Å². The first-order valence-corrected chi connectivity index (χ1v) is 12.1. The number of rotatable bonds is 8. The molecule has 3 heterocycles. The molecule has 11 nitrogen and oxygen atoms in total. The van der Waals surface area contributed by atoms with Gasteiger partial charge in [0.05, 0.1) is 19.0 Å². The zero-order valence-corrected chi connectivity index (χ0v) is 22.4. The van der Waals surface area contributed by atoms with Gasteiger partial charge in [0.2, 0.25) is 5.88 Å². The molecule has 1 aromatic carbocycles. The van der Waals surface area contributed by atoms with Crippen molar-refractivity contribution < 1.29 is 59.4 Å². The van der Waals surface area contributed by atoms with Crippen molar-refractivity contribution in [3.63, 3.8) is 0 Å². The van der Waals surface area contributed by atoms with Crippen LogP contribution in [0.25, 0.3) is 22.7 Å². The van der Waals surface area contributed by atoms with Crippen LogP contribution >= 0.6 is 0 Å². The second kappa shape index (κ2) is 13.2. The Bertz CT molecular complexity index is 1430. The van der Waals surface area contributed by atoms with E-state index in [0.717, 1.165) is 6.07 Å². The number of hydrogen-bond acceptors (Lipinski definition) is 10. The minimum Gasteiger partial charge on any atom is -0.476 e. The molecular weight excluding hydrogens is 599 g/mol. The number of nitrogens with zero attached hydrogens (tertiary/aromatic N) is 4. The third kappa shape index (κ3) is 8.76. The summed E-state index contributed by atoms with van der Waals surface area (Å²) in [7, 11) is 1.60. The molecule has 0 saturated carbocycles. The highest BCUT2D eigenvalue weighted by atomic mass is 19.4. The van der Waals surface area contributed by atoms with Crippen molar-refractivity contribution >= 4 is 12.0 Å². The quantitative estimate of drug-likeness (QED) is 0.262. The van der Waals surface area contributed by atoms with E-state index in [0.29, 0.717) is 42.5 Å². The summed E-state index contributed by atoms with van der Waals surface area (Å²) in [4.78, 5) is 20.6. The molecule has 0 unspecified atom stereocenters. The van der Waals surface area contributed by atoms with E-state index in [1.165, 1.54) is 31.5 Å². The van der Waals surface area contributed by atoms with Gasteiger partial charge in [0.25, 0.3) is 6.02 Å². The molecule has 1 aliphatic rings. The molecule has 0 radical (unpaired) electrons. The summed E-state index contributed by atoms with van der Waals surface area (Å²) in [6.07, 6.45) is -6.78. The first kappa shape index (κ1) is 33.0. The molecule has 234 valence electrons. The summed E-state index contributed by atoms with van der Waals surface area (Å²) in [5.74, 6) is -2.94. The van der Waals surface area contributed by atoms with Gasteiger partial charge in [0.15, 0.2) is 11.8 Å². The zero-order valence-electron chi connectivity index (χ0n) is 22.4. The Kier molecular flexibility index (Phi) is 10.2. The van der Waals surface area contributed by atoms with Crippen molar-refractivity contribution in [2.45, 2.75) is 43.8 Å². The number of aliphatic carboxylic acids is 1. The van der Waals surface area contributed by atoms with E-state index in [9.17, 15) is 30.7 Å². The SMILES string of the molecule is COCCCOc1cnc(-c2cc(-c3ccc(F)c([C@]4(C)C[C@@H](C(F)(F)F)N=C(N)O4)c3)on2)cn1.O=C(O)C(F)(F)F. The molecule has 2 atom stereocenters. The normalized spacial score (nSPS) is 18.6. The molecule has 1 aliphatic heterocycles. The fraction of sp³-hybridized carbons (Fsp3) is 0.400. The summed E-state index contributed by atoms with van der Waals surface area (Å²) < 4.78 is 108. The number of aliphatic imine (C=N–C) groups is 1. The summed E-state index contributed by atoms with van der Waals surface area (Å²) >= 11 is 0. The highest BCUT2D eigenvalue weighted by molar-refractivity contribution is 5.74. The van der Waals surface area contributed by atoms with Gasteiger partial charge in [-0.05, 0) is 25.1 Å². The van der Waals surface area contributed by atoms with Gasteiger partial charge in [-0.15, -0.1) is 0 Å². The van der Waals surface area contributed by atoms with E-state index in [-0.39, 0.29) is 11.3 Å². The summed E-state index contributed by atoms with van der Waals surface area (Å²) in [6.45, 7) is 2.32. The van der Waals surface area contributed by atoms with E-state index in [2.05, 4.69) is 20.1 Å². The molecule has 43 heavy (non-hydrogen) atoms. The second-order valence-corrected chi connectivity index (χ2v) is 9.07. The average Bonchev–Trinajstić information content (AvgIpc) is 3.41. The molecule has 0 saturated heterocycles. The molecule has 3 N–H and O–H groups in total. The van der Waals surface area contributed by atoms with Crippen LogP contribution in [0.1, 0.15) is 25.3 Å². The van der Waals surface area contributed by atoms with Crippen LogP contribution in [0.15, 0.2) is 46.2 Å². The lowest BCUT2D eigenvalue weighted by molar-refractivity contribution is -0.192. The highest BCUT2D eigenvalue weighted by Crippen LogP contribution is 2.41. The van der Waals surface area contributed by atoms with Gasteiger partial charge in [0.1, 0.15) is 22.8 Å². The number of carbonyl (C=O) groups is 1. The summed E-state index contributed by atoms with van der Waals surface area (Å²) in [5, 5.41) is 11.1. The van der Waals surface area contributed by atoms with Crippen molar-refractivity contribution in [2.75, 3.05) is 20.3 Å². The maximum absolute atomic E-state index is 14.8. The maximum atomic E-state index is 14.8. The van der Waals surface area contributed by atoms with Crippen LogP contribution in [-0.4, -0.2) is 70.9 Å². The Morgan fingerprint density at radius 3 is 2.40 bits per heavy atom. The summed E-state index contributed by atoms with van der Waals surface area (Å²) in [5.41, 5.74) is 4.78. The number of methoxy groups -OCH3 is 1. The van der Waals surface area contributed by atoms with Crippen molar-refractivity contribution in [3.8, 4) is 28.6 Å². The summed E-state index contributed by atoms with van der Waals surface area (Å²) in [6, 6.07) is 2.63. The van der Waals surface area contributed by atoms with E-state index in [1.807, 2.05) is 0 Å². The predicted octanol–water partition coefficient (Wildman–Crippen LogP) is 4.87. The molecule has 4 rings (SSSR count). The molecule has 3 aromatic rings. The molecule has 2 aromatic heterocycles. The smallest absolute Gasteiger partial charge is 0.476 e. The molecule has 0 bridgehead atoms. The van der Waals surface area contributed by atoms with Gasteiger partial charge in [-0.2, -0.15) is 26.3 Å². The van der Waals surface area contributed by atoms with Crippen LogP contribution in [0.2, 0.25) is 0 Å². The zero-order chi connectivity index (χ0) is 32.0. The third-order valence-corrected chi connectivity index (χ3v) is 5.78. The molecule has 0 fully saturated rings. The Morgan fingerprint density at radius 2 is 1.81 bits per heavy atom. The molecule has 18 heteroatoms. The van der Waals surface area contributed by atoms with Crippen LogP contribution in [0.5, 0.6) is 5.88 Å². The molecular formula is C25H24F7N5O6. The highest BCUT2D eigenvalue weighted by Gasteiger charge is 2.49. The topological polar surface area (TPSA) is 155 Å². The first-order valence-electron chi connectivity index (χ1n) is 12.1. The first-order chi connectivity index (χ1) is 20.0. The fourth-order valence-electron chi connectivity index (χ4n) is 3.74. The Hall–Kier alpha value is -4.48. The van der Waals surface area contributed by atoms with Gasteiger partial charge in [0, 0.05) is 43.8 Å². The number of benzene rings is 1. The largest absolute Gasteiger partial charge is 0.490 e. The van der Waals surface area contributed by atoms with Crippen LogP contribution in [0, 0.1) is 5.82 Å². The van der Waals surface area contributed by atoms with Crippen LogP contribution in [0.3, 0.4) is 0 Å². The lowest BCUT2D eigenvalue weighted by Gasteiger charge is -2.37. The third-order valence-electron chi connectivity index (χ3n) is 5.78. The van der Waals surface area contributed by atoms with Crippen LogP contribution in [0.4, 0.5) is 30.7 Å². The number of ether oxygens (including phenoxy) is 3. The van der Waals surface area contributed by atoms with Gasteiger partial charge in [-0.1, -0.05) is 5.16 Å². The Morgan fingerprint density at radius 1 is 1.12 bits per heavy atom. The van der Waals surface area contributed by atoms with Gasteiger partial charge < -0.3 is 29.6 Å². The Balaban J connectivity index is 0.000000646. The lowest BCUT2D eigenvalue weighted by Crippen LogP contribution is -2.46. The van der Waals surface area contributed by atoms with Gasteiger partial charge in [-0.3, -0.25) is 0 Å². The minimum atomic E-state index is -5.08. The van der Waals surface area contributed by atoms with E-state index >= 15 is 0 Å². The number of carboxylic acids is 1. The minimum absolute atomic E-state index is 0.125. The molecule has 0 amide bonds. The number of amidine groups is 1. The number of carboxylic acid groups (broad SMARTS) is 1. The fourth-order valence-corrected chi connectivity index (χ4v) is 3.74. The molecule has 0 aliphatic carbocycles.